The minimum absolute atomic E-state index is 0.00101. The van der Waals surface area contributed by atoms with Gasteiger partial charge in [-0.1, -0.05) is 100 Å². The van der Waals surface area contributed by atoms with Crippen molar-refractivity contribution in [2.75, 3.05) is 25.5 Å². The molecule has 104 heavy (non-hydrogen) atoms. The van der Waals surface area contributed by atoms with Gasteiger partial charge in [-0.25, -0.2) is 4.79 Å². The number of hydrogen-bond donors (Lipinski definition) is 19. The first-order valence-electron chi connectivity index (χ1n) is 34.0. The number of primary amides is 2. The predicted octanol–water partition coefficient (Wildman–Crippen LogP) is -4.27. The van der Waals surface area contributed by atoms with Crippen LogP contribution in [0.3, 0.4) is 0 Å². The van der Waals surface area contributed by atoms with E-state index in [4.69, 9.17) is 17.2 Å². The highest BCUT2D eigenvalue weighted by Crippen LogP contribution is 2.21. The third kappa shape index (κ3) is 28.9. The number of phenolic OH excluding ortho intramolecular Hbond substituents is 1. The molecule has 0 aromatic heterocycles. The van der Waals surface area contributed by atoms with Gasteiger partial charge in [-0.05, 0) is 99.5 Å². The van der Waals surface area contributed by atoms with Gasteiger partial charge in [0.1, 0.15) is 78.3 Å². The minimum atomic E-state index is -1.74. The van der Waals surface area contributed by atoms with E-state index in [0.717, 1.165) is 4.90 Å². The van der Waals surface area contributed by atoms with Crippen molar-refractivity contribution in [1.82, 2.24) is 63.4 Å². The lowest BCUT2D eigenvalue weighted by Gasteiger charge is -2.30. The molecule has 3 aromatic rings. The van der Waals surface area contributed by atoms with Gasteiger partial charge in [0.2, 0.25) is 82.7 Å². The second-order valence-electron chi connectivity index (χ2n) is 26.2. The topological polar surface area (TPSA) is 551 Å². The fourth-order valence-corrected chi connectivity index (χ4v) is 11.2. The van der Waals surface area contributed by atoms with Crippen molar-refractivity contribution in [2.24, 2.45) is 29.0 Å². The molecule has 0 radical (unpaired) electrons. The Morgan fingerprint density at radius 2 is 0.827 bits per heavy atom. The van der Waals surface area contributed by atoms with Gasteiger partial charge in [-0.2, -0.15) is 12.6 Å². The van der Waals surface area contributed by atoms with E-state index in [2.05, 4.69) is 71.1 Å². The Morgan fingerprint density at radius 3 is 1.29 bits per heavy atom. The van der Waals surface area contributed by atoms with Crippen molar-refractivity contribution < 1.29 is 92.3 Å². The summed E-state index contributed by atoms with van der Waals surface area (Å²) >= 11 is 4.17. The van der Waals surface area contributed by atoms with Gasteiger partial charge in [0.05, 0.1) is 19.3 Å². The third-order valence-electron chi connectivity index (χ3n) is 16.6. The number of aliphatic carboxylic acids is 1. The minimum Gasteiger partial charge on any atom is -0.508 e. The Balaban J connectivity index is 1.43. The van der Waals surface area contributed by atoms with Crippen LogP contribution in [-0.4, -0.2) is 218 Å². The van der Waals surface area contributed by atoms with Gasteiger partial charge in [0.25, 0.3) is 0 Å². The molecule has 13 atom stereocenters. The zero-order valence-corrected chi connectivity index (χ0v) is 59.8. The van der Waals surface area contributed by atoms with E-state index in [-0.39, 0.29) is 74.8 Å². The number of carbonyl (C=O) groups is 15. The number of carboxylic acid groups (broad SMARTS) is 1. The number of benzene rings is 3. The number of carboxylic acids is 1. The van der Waals surface area contributed by atoms with Crippen molar-refractivity contribution in [3.63, 3.8) is 0 Å². The molecule has 0 spiro atoms. The van der Waals surface area contributed by atoms with Crippen molar-refractivity contribution in [3.8, 4) is 5.75 Å². The average molecular weight is 1470 g/mol. The summed E-state index contributed by atoms with van der Waals surface area (Å²) in [5, 5.41) is 67.1. The number of aliphatic hydroxyl groups excluding tert-OH is 2. The molecule has 1 aliphatic rings. The van der Waals surface area contributed by atoms with E-state index in [1.165, 1.54) is 26.0 Å². The first-order valence-corrected chi connectivity index (χ1v) is 34.7. The van der Waals surface area contributed by atoms with Crippen molar-refractivity contribution in [3.05, 3.63) is 102 Å². The number of amides is 14. The number of phenols is 1. The van der Waals surface area contributed by atoms with Gasteiger partial charge in [-0.3, -0.25) is 67.1 Å². The van der Waals surface area contributed by atoms with Gasteiger partial charge >= 0.3 is 5.97 Å². The van der Waals surface area contributed by atoms with Gasteiger partial charge in [-0.15, -0.1) is 0 Å². The molecule has 0 saturated carbocycles. The number of nitrogens with zero attached hydrogens (tertiary/aromatic N) is 1. The number of nitrogens with one attached hydrogen (secondary N) is 11. The van der Waals surface area contributed by atoms with Gasteiger partial charge in [0, 0.05) is 38.0 Å². The molecule has 1 aliphatic heterocycles. The van der Waals surface area contributed by atoms with Crippen LogP contribution in [0.4, 0.5) is 0 Å². The second kappa shape index (κ2) is 43.0. The number of carbonyl (C=O) groups excluding carboxylic acids is 14. The maximum atomic E-state index is 14.3. The molecule has 35 heteroatoms. The molecule has 21 N–H and O–H groups in total. The number of rotatable bonds is 43. The summed E-state index contributed by atoms with van der Waals surface area (Å²) in [6.07, 6.45) is -1.78. The Kier molecular flexibility index (Phi) is 35.6. The molecule has 3 aromatic carbocycles. The van der Waals surface area contributed by atoms with Gasteiger partial charge < -0.3 is 101 Å². The van der Waals surface area contributed by atoms with Crippen LogP contribution in [0.5, 0.6) is 5.75 Å². The molecule has 1 heterocycles. The van der Waals surface area contributed by atoms with Crippen LogP contribution in [-0.2, 0) is 91.2 Å². The van der Waals surface area contributed by atoms with Gasteiger partial charge in [0.15, 0.2) is 0 Å². The average Bonchev–Trinajstić information content (AvgIpc) is 1.69. The second-order valence-corrected chi connectivity index (χ2v) is 26.6. The summed E-state index contributed by atoms with van der Waals surface area (Å²) in [7, 11) is 0. The number of thiol groups is 1. The van der Waals surface area contributed by atoms with E-state index in [9.17, 15) is 92.3 Å². The number of aliphatic hydroxyl groups is 2. The van der Waals surface area contributed by atoms with Crippen LogP contribution in [0.15, 0.2) is 84.9 Å². The van der Waals surface area contributed by atoms with Crippen molar-refractivity contribution >= 4 is 101 Å². The number of nitrogens with two attached hydrogens (primary N) is 3. The molecular weight excluding hydrogens is 1370 g/mol. The fourth-order valence-electron chi connectivity index (χ4n) is 11.0. The molecule has 0 aliphatic carbocycles. The van der Waals surface area contributed by atoms with Crippen LogP contribution in [0, 0.1) is 11.8 Å². The predicted molar refractivity (Wildman–Crippen MR) is 379 cm³/mol. The zero-order valence-electron chi connectivity index (χ0n) is 58.9. The van der Waals surface area contributed by atoms with E-state index in [0.29, 0.717) is 16.7 Å². The SMILES string of the molecule is CC(C)C[C@H](NC(=O)[C@H](CO)NC(=O)[C@H](C)NC(=O)[C@H](CCC(N)=O)NC(=O)[C@@H]1CCCN1C(=O)[C@H](C)NC(=O)[C@H](CCC(N)=O)NC(=O)[C@H](CC(C)C)NC(=O)[C@H](Cc1ccccc1)NC(=O)[C@H](CO)NC(=O)[C@@H](N)Cc1ccc(O)cc1)C(=O)N[C@@H](CS)C(=O)N[C@@H](Cc1ccccc1)C(=O)O. The lowest BCUT2D eigenvalue weighted by Crippen LogP contribution is -2.61. The van der Waals surface area contributed by atoms with Crippen molar-refractivity contribution in [1.29, 1.82) is 0 Å². The fraction of sp³-hybridized carbons (Fsp3) is 0.522. The smallest absolute Gasteiger partial charge is 0.326 e. The van der Waals surface area contributed by atoms with E-state index in [1.54, 1.807) is 100 Å². The van der Waals surface area contributed by atoms with Crippen molar-refractivity contribution in [2.45, 2.75) is 191 Å². The quantitative estimate of drug-likeness (QED) is 0.0239. The Labute approximate surface area is 607 Å². The lowest BCUT2D eigenvalue weighted by atomic mass is 10.00. The molecule has 1 fully saturated rings. The van der Waals surface area contributed by atoms with E-state index >= 15 is 0 Å². The largest absolute Gasteiger partial charge is 0.508 e. The van der Waals surface area contributed by atoms with Crippen LogP contribution < -0.4 is 75.7 Å². The van der Waals surface area contributed by atoms with E-state index < -0.39 is 206 Å². The molecule has 34 nitrogen and oxygen atoms in total. The Bertz CT molecular complexity index is 3470. The Hall–Kier alpha value is -10.3. The van der Waals surface area contributed by atoms with Crippen LogP contribution in [0.1, 0.15) is 110 Å². The molecule has 570 valence electrons. The molecule has 14 amide bonds. The summed E-state index contributed by atoms with van der Waals surface area (Å²) in [6.45, 7) is 7.39. The monoisotopic (exact) mass is 1470 g/mol. The maximum Gasteiger partial charge on any atom is 0.326 e. The maximum absolute atomic E-state index is 14.3. The van der Waals surface area contributed by atoms with E-state index in [1.807, 2.05) is 0 Å². The zero-order chi connectivity index (χ0) is 77.5. The summed E-state index contributed by atoms with van der Waals surface area (Å²) in [5.74, 6) is -15.2. The summed E-state index contributed by atoms with van der Waals surface area (Å²) < 4.78 is 0. The number of hydrogen-bond acceptors (Lipinski definition) is 20. The lowest BCUT2D eigenvalue weighted by molar-refractivity contribution is -0.142. The highest BCUT2D eigenvalue weighted by atomic mass is 32.1. The van der Waals surface area contributed by atoms with Crippen LogP contribution in [0.25, 0.3) is 0 Å². The number of aromatic hydroxyl groups is 1. The standard InChI is InChI=1S/C69H99N15O19S/c1-36(2)28-47(77-63(96)49(31-40-14-9-7-10-15-40)79-65(98)52(34-86)82-58(91)44(70)30-42-19-21-43(87)22-20-42)61(94)75-45(23-25-55(71)88)60(93)74-39(6)68(101)84-27-13-18-54(84)67(100)76-46(24-26-56(72)89)59(92)73-38(5)57(90)81-51(33-85)64(97)78-48(29-37(3)4)62(95)83-53(35-104)66(99)80-50(69(102)103)32-41-16-11-8-12-17-41/h7-12,14-17,19-22,36-39,44-54,85-87,104H,13,18,23-35,70H2,1-6H3,(H2,71,88)(H2,72,89)(H,73,92)(H,74,93)(H,75,94)(H,76,100)(H,77,96)(H,78,97)(H,79,98)(H,80,99)(H,81,90)(H,82,91)(H,83,95)(H,102,103)/t38-,39-,44-,45-,46-,47-,48-,49-,50-,51-,52-,53-,54-/m0/s1. The summed E-state index contributed by atoms with van der Waals surface area (Å²) in [4.78, 5) is 204. The molecule has 0 bridgehead atoms. The van der Waals surface area contributed by atoms with Crippen LogP contribution in [0.2, 0.25) is 0 Å². The molecule has 1 saturated heterocycles. The Morgan fingerprint density at radius 1 is 0.452 bits per heavy atom. The third-order valence-corrected chi connectivity index (χ3v) is 17.0. The molecule has 0 unspecified atom stereocenters. The first kappa shape index (κ1) is 86.1. The molecular formula is C69H99N15O19S. The number of likely N-dealkylation sites (tertiary alicyclic amines) is 1. The summed E-state index contributed by atoms with van der Waals surface area (Å²) in [5.41, 5.74) is 18.8. The van der Waals surface area contributed by atoms with Crippen LogP contribution >= 0.6 is 12.6 Å². The highest BCUT2D eigenvalue weighted by Gasteiger charge is 2.40. The molecule has 4 rings (SSSR count). The summed E-state index contributed by atoms with van der Waals surface area (Å²) in [6, 6.07) is 3.81. The normalized spacial score (nSPS) is 16.1. The first-order chi connectivity index (χ1) is 49.1. The highest BCUT2D eigenvalue weighted by molar-refractivity contribution is 7.80.